The van der Waals surface area contributed by atoms with Crippen molar-refractivity contribution in [2.45, 2.75) is 6.92 Å². The van der Waals surface area contributed by atoms with Crippen molar-refractivity contribution in [3.8, 4) is 10.6 Å². The Kier molecular flexibility index (Phi) is 5.08. The Morgan fingerprint density at radius 2 is 1.92 bits per heavy atom. The van der Waals surface area contributed by atoms with E-state index in [2.05, 4.69) is 15.2 Å². The van der Waals surface area contributed by atoms with Gasteiger partial charge < -0.3 is 0 Å². The van der Waals surface area contributed by atoms with Crippen LogP contribution in [0, 0.1) is 0 Å². The predicted molar refractivity (Wildman–Crippen MR) is 97.0 cm³/mol. The van der Waals surface area contributed by atoms with Crippen molar-refractivity contribution in [2.75, 3.05) is 11.4 Å². The lowest BCUT2D eigenvalue weighted by Crippen LogP contribution is -2.30. The summed E-state index contributed by atoms with van der Waals surface area (Å²) in [4.78, 5) is 18.3. The van der Waals surface area contributed by atoms with E-state index in [1.54, 1.807) is 30.6 Å². The van der Waals surface area contributed by atoms with Gasteiger partial charge in [-0.25, -0.2) is 0 Å². The molecule has 0 N–H and O–H groups in total. The highest BCUT2D eigenvalue weighted by Gasteiger charge is 2.22. The van der Waals surface area contributed by atoms with E-state index in [1.165, 1.54) is 16.2 Å². The fourth-order valence-electron chi connectivity index (χ4n) is 2.11. The molecule has 0 aliphatic carbocycles. The number of hydrogen-bond donors (Lipinski definition) is 0. The molecular formula is C16H12Cl2N4OS. The maximum absolute atomic E-state index is 12.8. The molecule has 0 atom stereocenters. The van der Waals surface area contributed by atoms with E-state index in [0.717, 1.165) is 10.6 Å². The zero-order chi connectivity index (χ0) is 17.1. The number of carbonyl (C=O) groups is 1. The SMILES string of the molecule is CCN(C(=O)c1ccc(Cl)cc1Cl)c1nnc(-c2ccncc2)s1. The molecule has 1 aromatic carbocycles. The minimum atomic E-state index is -0.239. The molecule has 0 radical (unpaired) electrons. The third kappa shape index (κ3) is 3.40. The maximum Gasteiger partial charge on any atom is 0.261 e. The van der Waals surface area contributed by atoms with E-state index in [-0.39, 0.29) is 5.91 Å². The number of rotatable bonds is 4. The molecule has 3 aromatic rings. The summed E-state index contributed by atoms with van der Waals surface area (Å²) in [6, 6.07) is 8.49. The third-order valence-corrected chi connectivity index (χ3v) is 4.84. The Hall–Kier alpha value is -2.02. The first-order valence-electron chi connectivity index (χ1n) is 7.11. The fraction of sp³-hybridized carbons (Fsp3) is 0.125. The molecule has 122 valence electrons. The molecule has 2 aromatic heterocycles. The van der Waals surface area contributed by atoms with Gasteiger partial charge in [-0.3, -0.25) is 14.7 Å². The predicted octanol–water partition coefficient (Wildman–Crippen LogP) is 4.57. The van der Waals surface area contributed by atoms with E-state index in [0.29, 0.717) is 27.3 Å². The van der Waals surface area contributed by atoms with Gasteiger partial charge in [0, 0.05) is 29.5 Å². The van der Waals surface area contributed by atoms with Crippen LogP contribution in [-0.2, 0) is 0 Å². The van der Waals surface area contributed by atoms with Gasteiger partial charge in [0.25, 0.3) is 5.91 Å². The molecule has 8 heteroatoms. The van der Waals surface area contributed by atoms with Crippen LogP contribution in [0.5, 0.6) is 0 Å². The number of pyridine rings is 1. The zero-order valence-corrected chi connectivity index (χ0v) is 14.9. The Labute approximate surface area is 152 Å². The molecule has 0 aliphatic heterocycles. The Bertz CT molecular complexity index is 870. The summed E-state index contributed by atoms with van der Waals surface area (Å²) in [5.41, 5.74) is 1.28. The number of nitrogens with zero attached hydrogens (tertiary/aromatic N) is 4. The fourth-order valence-corrected chi connectivity index (χ4v) is 3.51. The quantitative estimate of drug-likeness (QED) is 0.666. The average Bonchev–Trinajstić information content (AvgIpc) is 3.06. The molecule has 0 unspecified atom stereocenters. The first-order valence-corrected chi connectivity index (χ1v) is 8.68. The van der Waals surface area contributed by atoms with Gasteiger partial charge in [-0.1, -0.05) is 34.5 Å². The van der Waals surface area contributed by atoms with Crippen LogP contribution in [0.4, 0.5) is 5.13 Å². The van der Waals surface area contributed by atoms with E-state index >= 15 is 0 Å². The lowest BCUT2D eigenvalue weighted by molar-refractivity contribution is 0.0988. The Balaban J connectivity index is 1.92. The van der Waals surface area contributed by atoms with Crippen molar-refractivity contribution in [1.82, 2.24) is 15.2 Å². The summed E-state index contributed by atoms with van der Waals surface area (Å²) in [5.74, 6) is -0.239. The summed E-state index contributed by atoms with van der Waals surface area (Å²) in [7, 11) is 0. The van der Waals surface area contributed by atoms with Crippen molar-refractivity contribution in [1.29, 1.82) is 0 Å². The zero-order valence-electron chi connectivity index (χ0n) is 12.6. The second-order valence-electron chi connectivity index (χ2n) is 4.80. The summed E-state index contributed by atoms with van der Waals surface area (Å²) in [6.45, 7) is 2.32. The van der Waals surface area contributed by atoms with Crippen molar-refractivity contribution in [2.24, 2.45) is 0 Å². The van der Waals surface area contributed by atoms with Crippen molar-refractivity contribution in [3.05, 3.63) is 58.3 Å². The van der Waals surface area contributed by atoms with Crippen LogP contribution >= 0.6 is 34.5 Å². The maximum atomic E-state index is 12.8. The topological polar surface area (TPSA) is 59.0 Å². The van der Waals surface area contributed by atoms with Gasteiger partial charge in [-0.05, 0) is 37.3 Å². The number of hydrogen-bond acceptors (Lipinski definition) is 5. The number of halogens is 2. The van der Waals surface area contributed by atoms with Crippen LogP contribution in [0.15, 0.2) is 42.7 Å². The summed E-state index contributed by atoms with van der Waals surface area (Å²) in [6.07, 6.45) is 3.37. The van der Waals surface area contributed by atoms with Gasteiger partial charge in [0.15, 0.2) is 0 Å². The lowest BCUT2D eigenvalue weighted by atomic mass is 10.2. The largest absolute Gasteiger partial charge is 0.283 e. The highest BCUT2D eigenvalue weighted by Crippen LogP contribution is 2.30. The smallest absolute Gasteiger partial charge is 0.261 e. The molecule has 0 saturated heterocycles. The minimum absolute atomic E-state index is 0.239. The van der Waals surface area contributed by atoms with Crippen molar-refractivity contribution >= 4 is 45.6 Å². The summed E-state index contributed by atoms with van der Waals surface area (Å²) < 4.78 is 0. The first kappa shape index (κ1) is 16.8. The van der Waals surface area contributed by atoms with Crippen LogP contribution < -0.4 is 4.90 Å². The summed E-state index contributed by atoms with van der Waals surface area (Å²) >= 11 is 13.4. The molecule has 0 bridgehead atoms. The molecule has 24 heavy (non-hydrogen) atoms. The van der Waals surface area contributed by atoms with Gasteiger partial charge in [-0.2, -0.15) is 0 Å². The molecule has 1 amide bonds. The number of benzene rings is 1. The van der Waals surface area contributed by atoms with Gasteiger partial charge in [0.2, 0.25) is 5.13 Å². The number of aromatic nitrogens is 3. The van der Waals surface area contributed by atoms with Gasteiger partial charge in [0.05, 0.1) is 10.6 Å². The second-order valence-corrected chi connectivity index (χ2v) is 6.60. The highest BCUT2D eigenvalue weighted by atomic mass is 35.5. The van der Waals surface area contributed by atoms with Gasteiger partial charge in [0.1, 0.15) is 5.01 Å². The Morgan fingerprint density at radius 3 is 2.58 bits per heavy atom. The number of anilines is 1. The highest BCUT2D eigenvalue weighted by molar-refractivity contribution is 7.18. The van der Waals surface area contributed by atoms with E-state index in [4.69, 9.17) is 23.2 Å². The standard InChI is InChI=1S/C16H12Cl2N4OS/c1-2-22(15(23)12-4-3-11(17)9-13(12)18)16-21-20-14(24-16)10-5-7-19-8-6-10/h3-9H,2H2,1H3. The van der Waals surface area contributed by atoms with Crippen LogP contribution in [0.2, 0.25) is 10.0 Å². The lowest BCUT2D eigenvalue weighted by Gasteiger charge is -2.17. The van der Waals surface area contributed by atoms with Crippen molar-refractivity contribution in [3.63, 3.8) is 0 Å². The third-order valence-electron chi connectivity index (χ3n) is 3.30. The molecule has 3 rings (SSSR count). The van der Waals surface area contributed by atoms with Crippen molar-refractivity contribution < 1.29 is 4.79 Å². The number of amides is 1. The van der Waals surface area contributed by atoms with Crippen LogP contribution in [-0.4, -0.2) is 27.6 Å². The van der Waals surface area contributed by atoms with E-state index < -0.39 is 0 Å². The molecule has 2 heterocycles. The van der Waals surface area contributed by atoms with E-state index in [1.807, 2.05) is 19.1 Å². The average molecular weight is 379 g/mol. The van der Waals surface area contributed by atoms with Crippen LogP contribution in [0.25, 0.3) is 10.6 Å². The number of carbonyl (C=O) groups excluding carboxylic acids is 1. The van der Waals surface area contributed by atoms with Gasteiger partial charge >= 0.3 is 0 Å². The molecule has 5 nitrogen and oxygen atoms in total. The second kappa shape index (κ2) is 7.25. The van der Waals surface area contributed by atoms with Crippen LogP contribution in [0.3, 0.4) is 0 Å². The normalized spacial score (nSPS) is 10.6. The van der Waals surface area contributed by atoms with E-state index in [9.17, 15) is 4.79 Å². The molecule has 0 fully saturated rings. The van der Waals surface area contributed by atoms with Crippen LogP contribution in [0.1, 0.15) is 17.3 Å². The molecule has 0 saturated carbocycles. The molecular weight excluding hydrogens is 367 g/mol. The Morgan fingerprint density at radius 1 is 1.17 bits per heavy atom. The monoisotopic (exact) mass is 378 g/mol. The summed E-state index contributed by atoms with van der Waals surface area (Å²) in [5, 5.41) is 10.3. The first-order chi connectivity index (χ1) is 11.6. The van der Waals surface area contributed by atoms with Gasteiger partial charge in [-0.15, -0.1) is 10.2 Å². The molecule has 0 spiro atoms. The minimum Gasteiger partial charge on any atom is -0.283 e. The molecule has 0 aliphatic rings.